The Morgan fingerprint density at radius 2 is 2.36 bits per heavy atom. The molecule has 1 amide bonds. The number of halogens is 1. The number of hydrogen-bond donors (Lipinski definition) is 2. The van der Waals surface area contributed by atoms with Crippen LogP contribution in [-0.2, 0) is 18.4 Å². The Morgan fingerprint density at radius 1 is 1.50 bits per heavy atom. The van der Waals surface area contributed by atoms with Gasteiger partial charge in [0.1, 0.15) is 0 Å². The van der Waals surface area contributed by atoms with Crippen LogP contribution in [0.3, 0.4) is 0 Å². The molecule has 6 heteroatoms. The first-order chi connectivity index (χ1) is 10.6. The van der Waals surface area contributed by atoms with E-state index < -0.39 is 0 Å². The monoisotopic (exact) mass is 318 g/mol. The molecular weight excluding hydrogens is 300 g/mol. The van der Waals surface area contributed by atoms with Crippen molar-refractivity contribution in [1.29, 1.82) is 0 Å². The molecule has 1 aromatic carbocycles. The number of aryl methyl sites for hydroxylation is 1. The molecule has 1 aliphatic heterocycles. The van der Waals surface area contributed by atoms with Crippen LogP contribution in [0.1, 0.15) is 17.0 Å². The highest BCUT2D eigenvalue weighted by Crippen LogP contribution is 2.28. The molecule has 2 heterocycles. The van der Waals surface area contributed by atoms with E-state index in [1.54, 1.807) is 4.68 Å². The zero-order valence-electron chi connectivity index (χ0n) is 12.4. The van der Waals surface area contributed by atoms with Gasteiger partial charge in [-0.25, -0.2) is 0 Å². The van der Waals surface area contributed by atoms with Crippen molar-refractivity contribution >= 4 is 17.5 Å². The van der Waals surface area contributed by atoms with E-state index in [2.05, 4.69) is 15.7 Å². The summed E-state index contributed by atoms with van der Waals surface area (Å²) in [4.78, 5) is 12.5. The standard InChI is InChI=1S/C16H19ClN4O/c1-21-10-12(7-20-21)14-8-18-9-15(14)16(22)19-6-11-3-2-4-13(17)5-11/h2-5,7,10,14-15,18H,6,8-9H2,1H3,(H,19,22)/t14-,15+/m1/s1. The Morgan fingerprint density at radius 3 is 3.09 bits per heavy atom. The predicted octanol–water partition coefficient (Wildman–Crippen LogP) is 1.69. The summed E-state index contributed by atoms with van der Waals surface area (Å²) in [5.41, 5.74) is 2.11. The molecule has 1 saturated heterocycles. The zero-order valence-corrected chi connectivity index (χ0v) is 13.2. The van der Waals surface area contributed by atoms with Gasteiger partial charge in [0, 0.05) is 43.8 Å². The van der Waals surface area contributed by atoms with E-state index >= 15 is 0 Å². The smallest absolute Gasteiger partial charge is 0.225 e. The SMILES string of the molecule is Cn1cc([C@H]2CNC[C@@H]2C(=O)NCc2cccc(Cl)c2)cn1. The fourth-order valence-electron chi connectivity index (χ4n) is 2.90. The van der Waals surface area contributed by atoms with Crippen LogP contribution in [0.25, 0.3) is 0 Å². The summed E-state index contributed by atoms with van der Waals surface area (Å²) in [5.74, 6) is 0.176. The maximum Gasteiger partial charge on any atom is 0.225 e. The van der Waals surface area contributed by atoms with Crippen LogP contribution in [0, 0.1) is 5.92 Å². The van der Waals surface area contributed by atoms with Gasteiger partial charge in [-0.15, -0.1) is 0 Å². The van der Waals surface area contributed by atoms with E-state index in [-0.39, 0.29) is 17.7 Å². The van der Waals surface area contributed by atoms with Crippen LogP contribution in [0.5, 0.6) is 0 Å². The van der Waals surface area contributed by atoms with Gasteiger partial charge in [0.05, 0.1) is 12.1 Å². The highest BCUT2D eigenvalue weighted by molar-refractivity contribution is 6.30. The number of amides is 1. The second-order valence-corrected chi connectivity index (χ2v) is 6.10. The first kappa shape index (κ1) is 15.1. The van der Waals surface area contributed by atoms with E-state index in [4.69, 9.17) is 11.6 Å². The molecule has 1 aliphatic rings. The van der Waals surface area contributed by atoms with Crippen LogP contribution in [0.15, 0.2) is 36.7 Å². The number of carbonyl (C=O) groups excluding carboxylic acids is 1. The fraction of sp³-hybridized carbons (Fsp3) is 0.375. The minimum Gasteiger partial charge on any atom is -0.352 e. The number of benzene rings is 1. The first-order valence-electron chi connectivity index (χ1n) is 7.35. The van der Waals surface area contributed by atoms with Gasteiger partial charge in [0.15, 0.2) is 0 Å². The van der Waals surface area contributed by atoms with E-state index in [9.17, 15) is 4.79 Å². The van der Waals surface area contributed by atoms with Gasteiger partial charge in [0.25, 0.3) is 0 Å². The lowest BCUT2D eigenvalue weighted by molar-refractivity contribution is -0.125. The van der Waals surface area contributed by atoms with Gasteiger partial charge < -0.3 is 10.6 Å². The van der Waals surface area contributed by atoms with Crippen molar-refractivity contribution in [2.75, 3.05) is 13.1 Å². The van der Waals surface area contributed by atoms with Crippen molar-refractivity contribution in [2.24, 2.45) is 13.0 Å². The quantitative estimate of drug-likeness (QED) is 0.902. The van der Waals surface area contributed by atoms with E-state index in [1.807, 2.05) is 43.7 Å². The molecule has 2 N–H and O–H groups in total. The molecule has 0 radical (unpaired) electrons. The lowest BCUT2D eigenvalue weighted by Gasteiger charge is -2.17. The van der Waals surface area contributed by atoms with Crippen molar-refractivity contribution < 1.29 is 4.79 Å². The molecular formula is C16H19ClN4O. The highest BCUT2D eigenvalue weighted by atomic mass is 35.5. The van der Waals surface area contributed by atoms with Gasteiger partial charge in [0.2, 0.25) is 5.91 Å². The highest BCUT2D eigenvalue weighted by Gasteiger charge is 2.34. The lowest BCUT2D eigenvalue weighted by atomic mass is 9.90. The normalized spacial score (nSPS) is 21.0. The summed E-state index contributed by atoms with van der Waals surface area (Å²) in [6, 6.07) is 7.54. The number of aromatic nitrogens is 2. The largest absolute Gasteiger partial charge is 0.352 e. The zero-order chi connectivity index (χ0) is 15.5. The van der Waals surface area contributed by atoms with Crippen LogP contribution in [0.2, 0.25) is 5.02 Å². The molecule has 2 aromatic rings. The second-order valence-electron chi connectivity index (χ2n) is 5.67. The van der Waals surface area contributed by atoms with Crippen molar-refractivity contribution in [2.45, 2.75) is 12.5 Å². The fourth-order valence-corrected chi connectivity index (χ4v) is 3.12. The molecule has 0 spiro atoms. The third-order valence-electron chi connectivity index (χ3n) is 4.06. The molecule has 2 atom stereocenters. The summed E-state index contributed by atoms with van der Waals surface area (Å²) in [5, 5.41) is 11.2. The third kappa shape index (κ3) is 3.31. The molecule has 1 fully saturated rings. The molecule has 5 nitrogen and oxygen atoms in total. The van der Waals surface area contributed by atoms with E-state index in [0.717, 1.165) is 17.7 Å². The Kier molecular flexibility index (Phi) is 4.45. The number of nitrogens with zero attached hydrogens (tertiary/aromatic N) is 2. The predicted molar refractivity (Wildman–Crippen MR) is 85.6 cm³/mol. The molecule has 1 aromatic heterocycles. The molecule has 22 heavy (non-hydrogen) atoms. The molecule has 0 aliphatic carbocycles. The van der Waals surface area contributed by atoms with Crippen molar-refractivity contribution in [1.82, 2.24) is 20.4 Å². The number of hydrogen-bond acceptors (Lipinski definition) is 3. The Balaban J connectivity index is 1.64. The molecule has 3 rings (SSSR count). The van der Waals surface area contributed by atoms with Crippen molar-refractivity contribution in [3.05, 3.63) is 52.8 Å². The Labute approximate surface area is 134 Å². The van der Waals surface area contributed by atoms with Gasteiger partial charge >= 0.3 is 0 Å². The van der Waals surface area contributed by atoms with Crippen LogP contribution in [-0.4, -0.2) is 28.8 Å². The maximum absolute atomic E-state index is 12.5. The molecule has 0 unspecified atom stereocenters. The maximum atomic E-state index is 12.5. The Hall–Kier alpha value is -1.85. The number of nitrogens with one attached hydrogen (secondary N) is 2. The summed E-state index contributed by atoms with van der Waals surface area (Å²) < 4.78 is 1.77. The topological polar surface area (TPSA) is 59.0 Å². The number of carbonyl (C=O) groups is 1. The van der Waals surface area contributed by atoms with E-state index in [0.29, 0.717) is 18.1 Å². The second kappa shape index (κ2) is 6.50. The molecule has 0 saturated carbocycles. The summed E-state index contributed by atoms with van der Waals surface area (Å²) in [6.07, 6.45) is 3.82. The summed E-state index contributed by atoms with van der Waals surface area (Å²) in [7, 11) is 1.89. The Bertz CT molecular complexity index is 670. The lowest BCUT2D eigenvalue weighted by Crippen LogP contribution is -2.33. The summed E-state index contributed by atoms with van der Waals surface area (Å²) in [6.45, 7) is 2.00. The minimum absolute atomic E-state index is 0.0663. The summed E-state index contributed by atoms with van der Waals surface area (Å²) >= 11 is 5.96. The van der Waals surface area contributed by atoms with Crippen molar-refractivity contribution in [3.8, 4) is 0 Å². The average Bonchev–Trinajstić information content (AvgIpc) is 3.13. The minimum atomic E-state index is -0.0663. The third-order valence-corrected chi connectivity index (χ3v) is 4.29. The molecule has 0 bridgehead atoms. The molecule has 116 valence electrons. The van der Waals surface area contributed by atoms with Crippen LogP contribution in [0.4, 0.5) is 0 Å². The van der Waals surface area contributed by atoms with Gasteiger partial charge in [-0.2, -0.15) is 5.10 Å². The van der Waals surface area contributed by atoms with E-state index in [1.165, 1.54) is 0 Å². The van der Waals surface area contributed by atoms with Crippen LogP contribution >= 0.6 is 11.6 Å². The van der Waals surface area contributed by atoms with Gasteiger partial charge in [-0.1, -0.05) is 23.7 Å². The van der Waals surface area contributed by atoms with Gasteiger partial charge in [-0.05, 0) is 23.3 Å². The average molecular weight is 319 g/mol. The first-order valence-corrected chi connectivity index (χ1v) is 7.72. The van der Waals surface area contributed by atoms with Gasteiger partial charge in [-0.3, -0.25) is 9.48 Å². The van der Waals surface area contributed by atoms with Crippen LogP contribution < -0.4 is 10.6 Å². The van der Waals surface area contributed by atoms with Crippen molar-refractivity contribution in [3.63, 3.8) is 0 Å². The number of rotatable bonds is 4.